The topological polar surface area (TPSA) is 57.4 Å². The molecule has 0 spiro atoms. The van der Waals surface area contributed by atoms with Crippen LogP contribution in [-0.2, 0) is 0 Å². The third-order valence-electron chi connectivity index (χ3n) is 4.90. The van der Waals surface area contributed by atoms with Gasteiger partial charge in [-0.05, 0) is 60.7 Å². The van der Waals surface area contributed by atoms with Crippen LogP contribution >= 0.6 is 0 Å². The van der Waals surface area contributed by atoms with Crippen molar-refractivity contribution in [3.8, 4) is 22.9 Å². The highest BCUT2D eigenvalue weighted by Crippen LogP contribution is 2.23. The summed E-state index contributed by atoms with van der Waals surface area (Å²) < 4.78 is 0. The molecule has 0 radical (unpaired) electrons. The van der Waals surface area contributed by atoms with Gasteiger partial charge in [0.05, 0.1) is 65.4 Å². The maximum atomic E-state index is 4.90. The Morgan fingerprint density at radius 3 is 1.60 bits per heavy atom. The second-order valence-electron chi connectivity index (χ2n) is 6.95. The summed E-state index contributed by atoms with van der Waals surface area (Å²) in [7, 11) is 1.60. The number of nitrogens with one attached hydrogen (secondary N) is 2. The van der Waals surface area contributed by atoms with Crippen molar-refractivity contribution in [3.63, 3.8) is 0 Å². The number of hydrogen-bond acceptors (Lipinski definition) is 2. The molecule has 2 aliphatic rings. The summed E-state index contributed by atoms with van der Waals surface area (Å²) in [5, 5.41) is 0. The van der Waals surface area contributed by atoms with Crippen LogP contribution in [0.25, 0.3) is 46.4 Å². The largest absolute Gasteiger partial charge is 0.354 e. The van der Waals surface area contributed by atoms with Gasteiger partial charge >= 0.3 is 0 Å². The maximum Gasteiger partial charge on any atom is 0.0911 e. The molecule has 6 heteroatoms. The van der Waals surface area contributed by atoms with Crippen LogP contribution in [0, 0.1) is 22.9 Å². The zero-order chi connectivity index (χ0) is 20.5. The van der Waals surface area contributed by atoms with Crippen molar-refractivity contribution in [2.75, 3.05) is 0 Å². The van der Waals surface area contributed by atoms with Crippen molar-refractivity contribution >= 4 is 66.9 Å². The fraction of sp³-hybridized carbons (Fsp3) is 0. The predicted octanol–water partition coefficient (Wildman–Crippen LogP) is 2.00. The van der Waals surface area contributed by atoms with Gasteiger partial charge in [0.2, 0.25) is 0 Å². The molecule has 0 saturated carbocycles. The van der Waals surface area contributed by atoms with E-state index in [0.29, 0.717) is 0 Å². The molecule has 0 fully saturated rings. The lowest BCUT2D eigenvalue weighted by Crippen LogP contribution is -1.87. The highest BCUT2D eigenvalue weighted by Gasteiger charge is 2.10. The van der Waals surface area contributed by atoms with Crippen LogP contribution in [0.5, 0.6) is 0 Å². The van der Waals surface area contributed by atoms with Gasteiger partial charge in [-0.2, -0.15) is 0 Å². The van der Waals surface area contributed by atoms with Crippen LogP contribution in [0.15, 0.2) is 36.4 Å². The minimum Gasteiger partial charge on any atom is -0.354 e. The molecule has 3 aromatic rings. The highest BCUT2D eigenvalue weighted by atomic mass is 28.1. The Hall–Kier alpha value is -3.85. The van der Waals surface area contributed by atoms with Crippen molar-refractivity contribution in [2.24, 2.45) is 0 Å². The van der Waals surface area contributed by atoms with E-state index in [2.05, 4.69) is 45.0 Å². The molecule has 4 nitrogen and oxygen atoms in total. The first-order chi connectivity index (χ1) is 14.7. The number of fused-ring (bicyclic) bond motifs is 8. The van der Waals surface area contributed by atoms with Crippen molar-refractivity contribution < 1.29 is 0 Å². The van der Waals surface area contributed by atoms with Crippen molar-refractivity contribution in [3.05, 3.63) is 70.3 Å². The van der Waals surface area contributed by atoms with E-state index in [9.17, 15) is 0 Å². The zero-order valence-electron chi connectivity index (χ0n) is 16.7. The molecular weight excluding hydrogens is 400 g/mol. The van der Waals surface area contributed by atoms with Gasteiger partial charge in [0.25, 0.3) is 0 Å². The molecule has 0 atom stereocenters. The van der Waals surface area contributed by atoms with Crippen LogP contribution in [0.4, 0.5) is 0 Å². The summed E-state index contributed by atoms with van der Waals surface area (Å²) >= 11 is 0. The number of rotatable bonds is 0. The van der Waals surface area contributed by atoms with E-state index in [1.165, 1.54) is 0 Å². The predicted molar refractivity (Wildman–Crippen MR) is 132 cm³/mol. The molecule has 8 bridgehead atoms. The molecular formula is C24H18N4Si2. The van der Waals surface area contributed by atoms with Crippen LogP contribution in [0.2, 0.25) is 0 Å². The van der Waals surface area contributed by atoms with Crippen molar-refractivity contribution in [1.29, 1.82) is 0 Å². The Kier molecular flexibility index (Phi) is 4.57. The SMILES string of the molecule is [SiH3]C#Cc1c2nc(c(C#C[SiH3])c3ccc(cc4nc(cc5ccc1[nH]5)C=C4)[nH]3)C=C2. The lowest BCUT2D eigenvalue weighted by atomic mass is 10.2. The molecule has 2 N–H and O–H groups in total. The van der Waals surface area contributed by atoms with Gasteiger partial charge in [-0.15, -0.1) is 11.1 Å². The molecule has 0 aliphatic carbocycles. The zero-order valence-corrected chi connectivity index (χ0v) is 20.7. The molecule has 0 saturated heterocycles. The average Bonchev–Trinajstić information content (AvgIpc) is 3.53. The Balaban J connectivity index is 1.95. The van der Waals surface area contributed by atoms with E-state index in [1.54, 1.807) is 0 Å². The van der Waals surface area contributed by atoms with Crippen LogP contribution in [0.1, 0.15) is 33.9 Å². The van der Waals surface area contributed by atoms with E-state index < -0.39 is 0 Å². The Morgan fingerprint density at radius 1 is 0.633 bits per heavy atom. The molecule has 0 unspecified atom stereocenters. The van der Waals surface area contributed by atoms with Crippen molar-refractivity contribution in [1.82, 2.24) is 19.9 Å². The summed E-state index contributed by atoms with van der Waals surface area (Å²) in [6, 6.07) is 12.3. The minimum absolute atomic E-state index is 0.801. The number of aromatic nitrogens is 4. The summed E-state index contributed by atoms with van der Waals surface area (Å²) in [5.41, 5.74) is 15.5. The van der Waals surface area contributed by atoms with Gasteiger partial charge in [-0.3, -0.25) is 0 Å². The van der Waals surface area contributed by atoms with Crippen molar-refractivity contribution in [2.45, 2.75) is 0 Å². The van der Waals surface area contributed by atoms with E-state index in [-0.39, 0.29) is 0 Å². The van der Waals surface area contributed by atoms with Gasteiger partial charge in [0, 0.05) is 11.0 Å². The second kappa shape index (κ2) is 7.53. The highest BCUT2D eigenvalue weighted by molar-refractivity contribution is 6.22. The molecule has 5 rings (SSSR count). The van der Waals surface area contributed by atoms with Gasteiger partial charge in [-0.1, -0.05) is 11.8 Å². The number of nitrogens with zero attached hydrogens (tertiary/aromatic N) is 2. The summed E-state index contributed by atoms with van der Waals surface area (Å²) in [6.45, 7) is 0. The molecule has 0 aromatic carbocycles. The maximum absolute atomic E-state index is 4.90. The van der Waals surface area contributed by atoms with Crippen LogP contribution in [0.3, 0.4) is 0 Å². The number of hydrogen-bond donors (Lipinski definition) is 2. The minimum atomic E-state index is 0.801. The van der Waals surface area contributed by atoms with E-state index in [1.807, 2.05) is 48.6 Å². The first-order valence-corrected chi connectivity index (χ1v) is 11.7. The smallest absolute Gasteiger partial charge is 0.0911 e. The molecule has 3 aromatic heterocycles. The van der Waals surface area contributed by atoms with E-state index in [0.717, 1.165) is 76.5 Å². The molecule has 5 heterocycles. The first-order valence-electron chi connectivity index (χ1n) is 9.69. The summed E-state index contributed by atoms with van der Waals surface area (Å²) in [5.74, 6) is 6.56. The fourth-order valence-corrected chi connectivity index (χ4v) is 4.09. The summed E-state index contributed by atoms with van der Waals surface area (Å²) in [4.78, 5) is 16.5. The van der Waals surface area contributed by atoms with Gasteiger partial charge in [-0.25, -0.2) is 9.97 Å². The third-order valence-corrected chi connectivity index (χ3v) is 5.40. The quantitative estimate of drug-likeness (QED) is 0.299. The van der Waals surface area contributed by atoms with E-state index >= 15 is 0 Å². The molecule has 0 amide bonds. The second-order valence-corrected chi connectivity index (χ2v) is 7.95. The first kappa shape index (κ1) is 18.2. The Labute approximate surface area is 180 Å². The molecule has 30 heavy (non-hydrogen) atoms. The van der Waals surface area contributed by atoms with Gasteiger partial charge in [0.1, 0.15) is 0 Å². The average molecular weight is 419 g/mol. The number of aromatic amines is 2. The Morgan fingerprint density at radius 2 is 1.13 bits per heavy atom. The number of H-pyrrole nitrogens is 2. The molecule has 142 valence electrons. The fourth-order valence-electron chi connectivity index (χ4n) is 3.59. The lowest BCUT2D eigenvalue weighted by molar-refractivity contribution is 1.29. The third kappa shape index (κ3) is 3.35. The van der Waals surface area contributed by atoms with Crippen LogP contribution < -0.4 is 0 Å². The van der Waals surface area contributed by atoms with Crippen LogP contribution in [-0.4, -0.2) is 40.4 Å². The Bertz CT molecular complexity index is 1420. The van der Waals surface area contributed by atoms with Gasteiger partial charge in [0.15, 0.2) is 0 Å². The van der Waals surface area contributed by atoms with E-state index in [4.69, 9.17) is 9.97 Å². The monoisotopic (exact) mass is 418 g/mol. The summed E-state index contributed by atoms with van der Waals surface area (Å²) in [6.07, 6.45) is 8.08. The standard InChI is InChI=1S/C24H18N4Si2/c29-11-9-19-21-5-3-17(26-21)13-15-1-2-16(25-15)14-18-4-6-22(27-18)20(10-12-30)24-8-7-23(19)28-24/h1-8,13-14,26-27H,29-30H3. The van der Waals surface area contributed by atoms with Gasteiger partial charge < -0.3 is 9.97 Å². The lowest BCUT2D eigenvalue weighted by Gasteiger charge is -1.95. The molecule has 2 aliphatic heterocycles. The normalized spacial score (nSPS) is 11.7.